The fraction of sp³-hybridized carbons (Fsp3) is 0.0667. The number of nitrogens with zero attached hydrogens (tertiary/aromatic N) is 1. The summed E-state index contributed by atoms with van der Waals surface area (Å²) < 4.78 is 0. The van der Waals surface area contributed by atoms with Gasteiger partial charge in [0.2, 0.25) is 0 Å². The second-order valence-electron chi connectivity index (χ2n) is 17.1. The van der Waals surface area contributed by atoms with E-state index in [4.69, 9.17) is 0 Å². The standard InChI is InChI=1S/C60H43N/c1-59(2)51-31-15-17-33-53(51)60(54-34-18-16-32-52(54)59)50-30-14-13-28-48(50)57-49(29-19-35-55(57)60)58-47-27-12-10-25-45(47)44-24-9-11-26-46(44)56(58)40-36-38-43(39-37-40)61(41-20-5-3-6-21-41)42-22-7-4-8-23-42/h3-39H,1-2H3. The average molecular weight is 778 g/mol. The van der Waals surface area contributed by atoms with Gasteiger partial charge >= 0.3 is 0 Å². The van der Waals surface area contributed by atoms with Gasteiger partial charge in [0.25, 0.3) is 0 Å². The summed E-state index contributed by atoms with van der Waals surface area (Å²) in [5.74, 6) is 0. The minimum absolute atomic E-state index is 0.155. The van der Waals surface area contributed by atoms with Gasteiger partial charge in [0.1, 0.15) is 0 Å². The topological polar surface area (TPSA) is 3.24 Å². The molecule has 0 unspecified atom stereocenters. The lowest BCUT2D eigenvalue weighted by molar-refractivity contribution is 0.563. The van der Waals surface area contributed by atoms with Crippen molar-refractivity contribution >= 4 is 38.6 Å². The van der Waals surface area contributed by atoms with E-state index < -0.39 is 5.41 Å². The summed E-state index contributed by atoms with van der Waals surface area (Å²) in [7, 11) is 0. The summed E-state index contributed by atoms with van der Waals surface area (Å²) in [6, 6.07) is 83.4. The maximum Gasteiger partial charge on any atom is 0.0719 e. The predicted octanol–water partition coefficient (Wildman–Crippen LogP) is 15.8. The van der Waals surface area contributed by atoms with E-state index in [-0.39, 0.29) is 5.41 Å². The molecule has 2 aliphatic rings. The summed E-state index contributed by atoms with van der Waals surface area (Å²) in [6.07, 6.45) is 0. The van der Waals surface area contributed by atoms with Crippen LogP contribution < -0.4 is 4.90 Å². The molecule has 10 aromatic rings. The highest BCUT2D eigenvalue weighted by atomic mass is 15.1. The van der Waals surface area contributed by atoms with Crippen LogP contribution in [0.3, 0.4) is 0 Å². The SMILES string of the molecule is CC1(C)c2ccccc2C2(c3ccccc3-c3c(-c4c(-c5ccc(N(c6ccccc6)c6ccccc6)cc5)c5ccccc5c5ccccc45)cccc32)c2ccccc21. The van der Waals surface area contributed by atoms with Crippen LogP contribution >= 0.6 is 0 Å². The fourth-order valence-corrected chi connectivity index (χ4v) is 11.2. The number of rotatable bonds is 5. The lowest BCUT2D eigenvalue weighted by Gasteiger charge is -2.46. The average Bonchev–Trinajstić information content (AvgIpc) is 3.63. The van der Waals surface area contributed by atoms with E-state index in [0.717, 1.165) is 17.1 Å². The summed E-state index contributed by atoms with van der Waals surface area (Å²) in [4.78, 5) is 2.34. The molecule has 1 heteroatoms. The van der Waals surface area contributed by atoms with Crippen molar-refractivity contribution in [2.45, 2.75) is 24.7 Å². The Balaban J connectivity index is 1.16. The van der Waals surface area contributed by atoms with Crippen molar-refractivity contribution in [2.75, 3.05) is 4.90 Å². The molecule has 1 nitrogen and oxygen atoms in total. The first-order valence-electron chi connectivity index (χ1n) is 21.4. The fourth-order valence-electron chi connectivity index (χ4n) is 11.2. The minimum atomic E-state index is -0.475. The summed E-state index contributed by atoms with van der Waals surface area (Å²) in [5, 5.41) is 5.04. The monoisotopic (exact) mass is 777 g/mol. The first-order chi connectivity index (χ1) is 30.1. The predicted molar refractivity (Wildman–Crippen MR) is 256 cm³/mol. The molecule has 0 bridgehead atoms. The Morgan fingerprint density at radius 2 is 0.689 bits per heavy atom. The molecule has 0 saturated carbocycles. The summed E-state index contributed by atoms with van der Waals surface area (Å²) in [5.41, 5.74) is 18.6. The van der Waals surface area contributed by atoms with Crippen LogP contribution in [-0.2, 0) is 10.8 Å². The second kappa shape index (κ2) is 13.5. The van der Waals surface area contributed by atoms with Crippen LogP contribution in [0.1, 0.15) is 47.2 Å². The van der Waals surface area contributed by atoms with Gasteiger partial charge in [0, 0.05) is 22.5 Å². The molecule has 0 N–H and O–H groups in total. The van der Waals surface area contributed by atoms with Crippen LogP contribution in [0.5, 0.6) is 0 Å². The Morgan fingerprint density at radius 1 is 0.279 bits per heavy atom. The smallest absolute Gasteiger partial charge is 0.0719 e. The molecule has 0 aliphatic heterocycles. The molecule has 61 heavy (non-hydrogen) atoms. The molecule has 0 fully saturated rings. The lowest BCUT2D eigenvalue weighted by Crippen LogP contribution is -2.40. The third-order valence-electron chi connectivity index (χ3n) is 13.7. The molecule has 0 saturated heterocycles. The molecule has 0 aromatic heterocycles. The Labute approximate surface area is 357 Å². The zero-order valence-electron chi connectivity index (χ0n) is 34.3. The Kier molecular flexibility index (Phi) is 7.86. The van der Waals surface area contributed by atoms with Gasteiger partial charge in [-0.2, -0.15) is 0 Å². The van der Waals surface area contributed by atoms with E-state index in [1.165, 1.54) is 88.3 Å². The molecule has 10 aromatic carbocycles. The van der Waals surface area contributed by atoms with Gasteiger partial charge in [-0.15, -0.1) is 0 Å². The van der Waals surface area contributed by atoms with Gasteiger partial charge in [-0.1, -0.05) is 202 Å². The zero-order valence-corrected chi connectivity index (χ0v) is 34.3. The van der Waals surface area contributed by atoms with Gasteiger partial charge in [0.05, 0.1) is 5.41 Å². The van der Waals surface area contributed by atoms with Gasteiger partial charge < -0.3 is 4.90 Å². The van der Waals surface area contributed by atoms with Gasteiger partial charge in [-0.25, -0.2) is 0 Å². The number of benzene rings is 10. The number of anilines is 3. The molecule has 288 valence electrons. The first-order valence-corrected chi connectivity index (χ1v) is 21.4. The summed E-state index contributed by atoms with van der Waals surface area (Å²) in [6.45, 7) is 4.79. The maximum atomic E-state index is 2.42. The third kappa shape index (κ3) is 5.01. The highest BCUT2D eigenvalue weighted by Crippen LogP contribution is 2.64. The van der Waals surface area contributed by atoms with Crippen LogP contribution in [0.25, 0.3) is 54.9 Å². The van der Waals surface area contributed by atoms with E-state index >= 15 is 0 Å². The van der Waals surface area contributed by atoms with E-state index in [1.54, 1.807) is 0 Å². The minimum Gasteiger partial charge on any atom is -0.311 e. The normalized spacial score (nSPS) is 14.0. The van der Waals surface area contributed by atoms with Gasteiger partial charge in [-0.3, -0.25) is 0 Å². The van der Waals surface area contributed by atoms with Crippen LogP contribution in [0.15, 0.2) is 224 Å². The zero-order chi connectivity index (χ0) is 40.7. The molecule has 12 rings (SSSR count). The molecule has 2 aliphatic carbocycles. The highest BCUT2D eigenvalue weighted by molar-refractivity contribution is 6.23. The van der Waals surface area contributed by atoms with Gasteiger partial charge in [0.15, 0.2) is 0 Å². The second-order valence-corrected chi connectivity index (χ2v) is 17.1. The van der Waals surface area contributed by atoms with Crippen molar-refractivity contribution in [1.29, 1.82) is 0 Å². The lowest BCUT2D eigenvalue weighted by atomic mass is 9.55. The Morgan fingerprint density at radius 3 is 1.26 bits per heavy atom. The van der Waals surface area contributed by atoms with Crippen LogP contribution in [0.4, 0.5) is 17.1 Å². The van der Waals surface area contributed by atoms with Crippen molar-refractivity contribution in [2.24, 2.45) is 0 Å². The largest absolute Gasteiger partial charge is 0.311 e. The van der Waals surface area contributed by atoms with Crippen molar-refractivity contribution in [1.82, 2.24) is 0 Å². The quantitative estimate of drug-likeness (QED) is 0.157. The maximum absolute atomic E-state index is 2.42. The van der Waals surface area contributed by atoms with Crippen LogP contribution in [-0.4, -0.2) is 0 Å². The molecule has 0 heterocycles. The number of fused-ring (bicyclic) bond motifs is 12. The number of hydrogen-bond acceptors (Lipinski definition) is 1. The van der Waals surface area contributed by atoms with E-state index in [9.17, 15) is 0 Å². The molecule has 0 atom stereocenters. The van der Waals surface area contributed by atoms with E-state index in [0.29, 0.717) is 0 Å². The van der Waals surface area contributed by atoms with Gasteiger partial charge in [-0.05, 0) is 125 Å². The van der Waals surface area contributed by atoms with Crippen LogP contribution in [0.2, 0.25) is 0 Å². The van der Waals surface area contributed by atoms with Crippen molar-refractivity contribution in [3.05, 3.63) is 258 Å². The first kappa shape index (κ1) is 35.5. The Hall–Kier alpha value is -7.48. The number of para-hydroxylation sites is 2. The van der Waals surface area contributed by atoms with Crippen molar-refractivity contribution < 1.29 is 0 Å². The highest BCUT2D eigenvalue weighted by Gasteiger charge is 2.53. The Bertz CT molecular complexity index is 3230. The number of hydrogen-bond donors (Lipinski definition) is 0. The third-order valence-corrected chi connectivity index (χ3v) is 13.7. The molecule has 0 radical (unpaired) electrons. The van der Waals surface area contributed by atoms with E-state index in [1.807, 2.05) is 0 Å². The molecule has 1 spiro atoms. The molecular weight excluding hydrogens is 735 g/mol. The van der Waals surface area contributed by atoms with Crippen LogP contribution in [0, 0.1) is 0 Å². The molecular formula is C60H43N. The van der Waals surface area contributed by atoms with E-state index in [2.05, 4.69) is 243 Å². The molecule has 0 amide bonds. The summed E-state index contributed by atoms with van der Waals surface area (Å²) >= 11 is 0. The van der Waals surface area contributed by atoms with Crippen molar-refractivity contribution in [3.63, 3.8) is 0 Å². The van der Waals surface area contributed by atoms with Crippen molar-refractivity contribution in [3.8, 4) is 33.4 Å².